The summed E-state index contributed by atoms with van der Waals surface area (Å²) in [5, 5.41) is 21.1. The predicted molar refractivity (Wildman–Crippen MR) is 66.1 cm³/mol. The third kappa shape index (κ3) is 3.96. The third-order valence-electron chi connectivity index (χ3n) is 3.15. The summed E-state index contributed by atoms with van der Waals surface area (Å²) in [7, 11) is 1.75. The molecule has 0 radical (unpaired) electrons. The Morgan fingerprint density at radius 1 is 1.44 bits per heavy atom. The van der Waals surface area contributed by atoms with Gasteiger partial charge in [0.25, 0.3) is 0 Å². The van der Waals surface area contributed by atoms with Crippen molar-refractivity contribution in [2.75, 3.05) is 13.6 Å². The first-order chi connectivity index (χ1) is 8.31. The van der Waals surface area contributed by atoms with Crippen LogP contribution in [-0.4, -0.2) is 58.8 Å². The van der Waals surface area contributed by atoms with Crippen LogP contribution in [0.3, 0.4) is 0 Å². The highest BCUT2D eigenvalue weighted by Gasteiger charge is 2.35. The number of nitrogens with zero attached hydrogens (tertiary/aromatic N) is 1. The van der Waals surface area contributed by atoms with Crippen molar-refractivity contribution >= 4 is 11.9 Å². The molecule has 1 aliphatic rings. The standard InChI is InChI=1S/C12H22N2O4/c1-7(2)4-9(12(17)18)13-11(16)10-5-8(15)6-14(10)3/h7-10,15H,4-6H2,1-3H3,(H,13,16)(H,17,18)/t8?,9-,10-/m0/s1. The molecule has 0 bridgehead atoms. The summed E-state index contributed by atoms with van der Waals surface area (Å²) in [6, 6.07) is -1.29. The van der Waals surface area contributed by atoms with Crippen LogP contribution in [0.4, 0.5) is 0 Å². The summed E-state index contributed by atoms with van der Waals surface area (Å²) < 4.78 is 0. The molecule has 3 atom stereocenters. The van der Waals surface area contributed by atoms with E-state index in [4.69, 9.17) is 5.11 Å². The molecule has 1 heterocycles. The Balaban J connectivity index is 2.58. The number of aliphatic hydroxyl groups excluding tert-OH is 1. The molecule has 1 fully saturated rings. The lowest BCUT2D eigenvalue weighted by Crippen LogP contribution is -2.49. The fraction of sp³-hybridized carbons (Fsp3) is 0.833. The number of carbonyl (C=O) groups excluding carboxylic acids is 1. The van der Waals surface area contributed by atoms with Crippen molar-refractivity contribution in [1.29, 1.82) is 0 Å². The molecule has 0 spiro atoms. The Morgan fingerprint density at radius 2 is 2.06 bits per heavy atom. The number of carboxylic acids is 1. The number of nitrogens with one attached hydrogen (secondary N) is 1. The largest absolute Gasteiger partial charge is 0.480 e. The zero-order valence-electron chi connectivity index (χ0n) is 11.1. The molecule has 0 aliphatic carbocycles. The number of β-amino-alcohol motifs (C(OH)–C–C–N with tert-alkyl or cyclic N) is 1. The fourth-order valence-electron chi connectivity index (χ4n) is 2.24. The Hall–Kier alpha value is -1.14. The monoisotopic (exact) mass is 258 g/mol. The second kappa shape index (κ2) is 6.15. The first-order valence-electron chi connectivity index (χ1n) is 6.22. The van der Waals surface area contributed by atoms with Crippen molar-refractivity contribution in [3.05, 3.63) is 0 Å². The maximum absolute atomic E-state index is 12.0. The van der Waals surface area contributed by atoms with Gasteiger partial charge in [0.15, 0.2) is 0 Å². The van der Waals surface area contributed by atoms with Gasteiger partial charge in [0, 0.05) is 6.54 Å². The SMILES string of the molecule is CC(C)C[C@H](NC(=O)[C@@H]1CC(O)CN1C)C(=O)O. The van der Waals surface area contributed by atoms with E-state index in [1.54, 1.807) is 11.9 Å². The highest BCUT2D eigenvalue weighted by Crippen LogP contribution is 2.16. The molecule has 0 aromatic carbocycles. The van der Waals surface area contributed by atoms with E-state index >= 15 is 0 Å². The van der Waals surface area contributed by atoms with Crippen LogP contribution in [0.5, 0.6) is 0 Å². The van der Waals surface area contributed by atoms with Crippen LogP contribution in [-0.2, 0) is 9.59 Å². The molecule has 0 saturated carbocycles. The van der Waals surface area contributed by atoms with Gasteiger partial charge < -0.3 is 15.5 Å². The van der Waals surface area contributed by atoms with Gasteiger partial charge in [-0.15, -0.1) is 0 Å². The van der Waals surface area contributed by atoms with Crippen molar-refractivity contribution in [1.82, 2.24) is 10.2 Å². The van der Waals surface area contributed by atoms with Gasteiger partial charge in [0.05, 0.1) is 12.1 Å². The van der Waals surface area contributed by atoms with Crippen LogP contribution in [0.15, 0.2) is 0 Å². The van der Waals surface area contributed by atoms with Crippen LogP contribution in [0, 0.1) is 5.92 Å². The number of likely N-dealkylation sites (tertiary alicyclic amines) is 1. The molecule has 0 aromatic heterocycles. The maximum atomic E-state index is 12.0. The van der Waals surface area contributed by atoms with Crippen LogP contribution >= 0.6 is 0 Å². The average molecular weight is 258 g/mol. The highest BCUT2D eigenvalue weighted by atomic mass is 16.4. The van der Waals surface area contributed by atoms with Crippen LogP contribution in [0.25, 0.3) is 0 Å². The Bertz CT molecular complexity index is 319. The zero-order chi connectivity index (χ0) is 13.9. The van der Waals surface area contributed by atoms with Crippen LogP contribution in [0.1, 0.15) is 26.7 Å². The quantitative estimate of drug-likeness (QED) is 0.628. The summed E-state index contributed by atoms with van der Waals surface area (Å²) in [6.07, 6.45) is 0.246. The predicted octanol–water partition coefficient (Wildman–Crippen LogP) is -0.333. The Kier molecular flexibility index (Phi) is 5.10. The number of aliphatic carboxylic acids is 1. The molecule has 1 rings (SSSR count). The van der Waals surface area contributed by atoms with E-state index < -0.39 is 24.2 Å². The second-order valence-electron chi connectivity index (χ2n) is 5.37. The van der Waals surface area contributed by atoms with E-state index in [0.29, 0.717) is 19.4 Å². The minimum Gasteiger partial charge on any atom is -0.480 e. The second-order valence-corrected chi connectivity index (χ2v) is 5.37. The van der Waals surface area contributed by atoms with Crippen molar-refractivity contribution in [3.63, 3.8) is 0 Å². The molecule has 1 unspecified atom stereocenters. The topological polar surface area (TPSA) is 89.9 Å². The number of amides is 1. The van der Waals surface area contributed by atoms with E-state index in [-0.39, 0.29) is 11.8 Å². The Labute approximate surface area is 107 Å². The normalized spacial score (nSPS) is 26.3. The molecule has 104 valence electrons. The van der Waals surface area contributed by atoms with E-state index in [2.05, 4.69) is 5.32 Å². The number of aliphatic hydroxyl groups is 1. The molecule has 1 saturated heterocycles. The first-order valence-corrected chi connectivity index (χ1v) is 6.22. The smallest absolute Gasteiger partial charge is 0.326 e. The molecule has 6 heteroatoms. The summed E-state index contributed by atoms with van der Waals surface area (Å²) in [5.74, 6) is -1.14. The van der Waals surface area contributed by atoms with E-state index in [0.717, 1.165) is 0 Å². The zero-order valence-corrected chi connectivity index (χ0v) is 11.1. The Morgan fingerprint density at radius 3 is 2.44 bits per heavy atom. The van der Waals surface area contributed by atoms with Crippen molar-refractivity contribution < 1.29 is 19.8 Å². The minimum atomic E-state index is -1.02. The molecule has 18 heavy (non-hydrogen) atoms. The molecular formula is C12H22N2O4. The molecule has 0 aromatic rings. The third-order valence-corrected chi connectivity index (χ3v) is 3.15. The van der Waals surface area contributed by atoms with Gasteiger partial charge in [-0.1, -0.05) is 13.8 Å². The van der Waals surface area contributed by atoms with Crippen LogP contribution < -0.4 is 5.32 Å². The number of rotatable bonds is 5. The molecular weight excluding hydrogens is 236 g/mol. The maximum Gasteiger partial charge on any atom is 0.326 e. The lowest BCUT2D eigenvalue weighted by Gasteiger charge is -2.22. The molecule has 1 aliphatic heterocycles. The highest BCUT2D eigenvalue weighted by molar-refractivity contribution is 5.87. The van der Waals surface area contributed by atoms with Crippen molar-refractivity contribution in [2.24, 2.45) is 5.92 Å². The molecule has 1 amide bonds. The summed E-state index contributed by atoms with van der Waals surface area (Å²) in [6.45, 7) is 4.26. The van der Waals surface area contributed by atoms with Gasteiger partial charge in [0.1, 0.15) is 6.04 Å². The van der Waals surface area contributed by atoms with E-state index in [1.165, 1.54) is 0 Å². The lowest BCUT2D eigenvalue weighted by atomic mass is 10.0. The number of carbonyl (C=O) groups is 2. The number of hydrogen-bond acceptors (Lipinski definition) is 4. The van der Waals surface area contributed by atoms with Gasteiger partial charge in [-0.2, -0.15) is 0 Å². The van der Waals surface area contributed by atoms with Gasteiger partial charge in [-0.25, -0.2) is 4.79 Å². The summed E-state index contributed by atoms with van der Waals surface area (Å²) in [4.78, 5) is 24.8. The number of hydrogen-bond donors (Lipinski definition) is 3. The average Bonchev–Trinajstić information content (AvgIpc) is 2.56. The van der Waals surface area contributed by atoms with Crippen LogP contribution in [0.2, 0.25) is 0 Å². The lowest BCUT2D eigenvalue weighted by molar-refractivity contribution is -0.143. The summed E-state index contributed by atoms with van der Waals surface area (Å²) in [5.41, 5.74) is 0. The van der Waals surface area contributed by atoms with Gasteiger partial charge in [0.2, 0.25) is 5.91 Å². The first kappa shape index (κ1) is 14.9. The van der Waals surface area contributed by atoms with E-state index in [9.17, 15) is 14.7 Å². The molecule has 6 nitrogen and oxygen atoms in total. The fourth-order valence-corrected chi connectivity index (χ4v) is 2.24. The van der Waals surface area contributed by atoms with E-state index in [1.807, 2.05) is 13.8 Å². The van der Waals surface area contributed by atoms with Crippen molar-refractivity contribution in [2.45, 2.75) is 44.9 Å². The number of carboxylic acid groups (broad SMARTS) is 1. The van der Waals surface area contributed by atoms with Crippen molar-refractivity contribution in [3.8, 4) is 0 Å². The van der Waals surface area contributed by atoms with Gasteiger partial charge in [-0.3, -0.25) is 9.69 Å². The number of likely N-dealkylation sites (N-methyl/N-ethyl adjacent to an activating group) is 1. The van der Waals surface area contributed by atoms with Gasteiger partial charge in [-0.05, 0) is 25.8 Å². The summed E-state index contributed by atoms with van der Waals surface area (Å²) >= 11 is 0. The minimum absolute atomic E-state index is 0.193. The van der Waals surface area contributed by atoms with Gasteiger partial charge >= 0.3 is 5.97 Å². The molecule has 3 N–H and O–H groups in total.